The Morgan fingerprint density at radius 3 is 2.71 bits per heavy atom. The molecule has 0 aliphatic rings. The van der Waals surface area contributed by atoms with Crippen LogP contribution in [0.4, 0.5) is 0 Å². The van der Waals surface area contributed by atoms with Gasteiger partial charge in [-0.25, -0.2) is 4.79 Å². The highest BCUT2D eigenvalue weighted by Gasteiger charge is 2.12. The lowest BCUT2D eigenvalue weighted by Crippen LogP contribution is -1.91. The van der Waals surface area contributed by atoms with Gasteiger partial charge in [0.05, 0.1) is 4.88 Å². The SMILES string of the molecule is Cc1ccsc1-c1ccc(C(=O)O)o1. The molecule has 0 spiro atoms. The van der Waals surface area contributed by atoms with Gasteiger partial charge in [-0.15, -0.1) is 11.3 Å². The van der Waals surface area contributed by atoms with E-state index in [2.05, 4.69) is 0 Å². The maximum Gasteiger partial charge on any atom is 0.371 e. The lowest BCUT2D eigenvalue weighted by Gasteiger charge is -1.92. The summed E-state index contributed by atoms with van der Waals surface area (Å²) in [6, 6.07) is 5.13. The minimum absolute atomic E-state index is 0.0206. The summed E-state index contributed by atoms with van der Waals surface area (Å²) in [4.78, 5) is 11.6. The summed E-state index contributed by atoms with van der Waals surface area (Å²) >= 11 is 1.54. The largest absolute Gasteiger partial charge is 0.475 e. The summed E-state index contributed by atoms with van der Waals surface area (Å²) in [5.41, 5.74) is 1.10. The Bertz CT molecular complexity index is 467. The minimum Gasteiger partial charge on any atom is -0.475 e. The fourth-order valence-corrected chi connectivity index (χ4v) is 2.09. The van der Waals surface area contributed by atoms with E-state index in [1.54, 1.807) is 17.4 Å². The quantitative estimate of drug-likeness (QED) is 0.825. The molecule has 2 heterocycles. The minimum atomic E-state index is -1.04. The zero-order valence-corrected chi connectivity index (χ0v) is 8.30. The summed E-state index contributed by atoms with van der Waals surface area (Å²) in [6.45, 7) is 1.97. The molecule has 4 heteroatoms. The third-order valence-electron chi connectivity index (χ3n) is 1.90. The van der Waals surface area contributed by atoms with Gasteiger partial charge in [0.15, 0.2) is 0 Å². The highest BCUT2D eigenvalue weighted by atomic mass is 32.1. The Hall–Kier alpha value is -1.55. The number of aromatic carboxylic acids is 1. The first kappa shape index (κ1) is 9.02. The Labute approximate surface area is 84.6 Å². The second kappa shape index (κ2) is 3.31. The summed E-state index contributed by atoms with van der Waals surface area (Å²) in [5.74, 6) is -0.437. The number of furan rings is 1. The summed E-state index contributed by atoms with van der Waals surface area (Å²) in [7, 11) is 0. The van der Waals surface area contributed by atoms with E-state index >= 15 is 0 Å². The van der Waals surface area contributed by atoms with Gasteiger partial charge in [-0.3, -0.25) is 0 Å². The smallest absolute Gasteiger partial charge is 0.371 e. The third-order valence-corrected chi connectivity index (χ3v) is 2.93. The monoisotopic (exact) mass is 208 g/mol. The topological polar surface area (TPSA) is 50.4 Å². The zero-order chi connectivity index (χ0) is 10.1. The average molecular weight is 208 g/mol. The van der Waals surface area contributed by atoms with Crippen LogP contribution in [-0.4, -0.2) is 11.1 Å². The van der Waals surface area contributed by atoms with Gasteiger partial charge < -0.3 is 9.52 Å². The standard InChI is InChI=1S/C10H8O3S/c1-6-4-5-14-9(6)7-2-3-8(13-7)10(11)12/h2-5H,1H3,(H,11,12). The lowest BCUT2D eigenvalue weighted by atomic mass is 10.2. The molecule has 0 aromatic carbocycles. The van der Waals surface area contributed by atoms with Crippen molar-refractivity contribution in [2.45, 2.75) is 6.92 Å². The predicted molar refractivity (Wildman–Crippen MR) is 53.7 cm³/mol. The molecule has 0 bridgehead atoms. The van der Waals surface area contributed by atoms with Crippen molar-refractivity contribution in [3.05, 3.63) is 34.9 Å². The van der Waals surface area contributed by atoms with Gasteiger partial charge in [0, 0.05) is 0 Å². The van der Waals surface area contributed by atoms with Gasteiger partial charge in [0.1, 0.15) is 5.76 Å². The molecule has 0 amide bonds. The van der Waals surface area contributed by atoms with Crippen LogP contribution in [0.5, 0.6) is 0 Å². The van der Waals surface area contributed by atoms with Crippen LogP contribution < -0.4 is 0 Å². The number of aryl methyl sites for hydroxylation is 1. The van der Waals surface area contributed by atoms with Crippen molar-refractivity contribution in [2.24, 2.45) is 0 Å². The average Bonchev–Trinajstić information content (AvgIpc) is 2.71. The number of carbonyl (C=O) groups is 1. The molecule has 0 saturated carbocycles. The van der Waals surface area contributed by atoms with Crippen molar-refractivity contribution >= 4 is 17.3 Å². The zero-order valence-electron chi connectivity index (χ0n) is 7.48. The van der Waals surface area contributed by atoms with Crippen molar-refractivity contribution in [1.82, 2.24) is 0 Å². The maximum atomic E-state index is 10.6. The Balaban J connectivity index is 2.43. The second-order valence-corrected chi connectivity index (χ2v) is 3.82. The number of hydrogen-bond acceptors (Lipinski definition) is 3. The second-order valence-electron chi connectivity index (χ2n) is 2.90. The molecule has 3 nitrogen and oxygen atoms in total. The summed E-state index contributed by atoms with van der Waals surface area (Å²) in [6.07, 6.45) is 0. The van der Waals surface area contributed by atoms with Crippen molar-refractivity contribution < 1.29 is 14.3 Å². The molecule has 0 unspecified atom stereocenters. The van der Waals surface area contributed by atoms with E-state index in [0.717, 1.165) is 10.4 Å². The Kier molecular flexibility index (Phi) is 2.13. The Morgan fingerprint density at radius 1 is 1.43 bits per heavy atom. The van der Waals surface area contributed by atoms with Crippen LogP contribution in [0.2, 0.25) is 0 Å². The number of thiophene rings is 1. The van der Waals surface area contributed by atoms with E-state index in [4.69, 9.17) is 9.52 Å². The Morgan fingerprint density at radius 2 is 2.21 bits per heavy atom. The van der Waals surface area contributed by atoms with Crippen molar-refractivity contribution in [2.75, 3.05) is 0 Å². The molecule has 2 aromatic heterocycles. The molecule has 1 N–H and O–H groups in total. The van der Waals surface area contributed by atoms with Gasteiger partial charge >= 0.3 is 5.97 Å². The van der Waals surface area contributed by atoms with Gasteiger partial charge in [-0.2, -0.15) is 0 Å². The molecule has 2 aromatic rings. The first-order valence-electron chi connectivity index (χ1n) is 4.06. The van der Waals surface area contributed by atoms with Crippen LogP contribution in [0.15, 0.2) is 28.0 Å². The van der Waals surface area contributed by atoms with E-state index in [1.807, 2.05) is 18.4 Å². The van der Waals surface area contributed by atoms with Gasteiger partial charge in [-0.05, 0) is 36.1 Å². The summed E-state index contributed by atoms with van der Waals surface area (Å²) < 4.78 is 5.18. The van der Waals surface area contributed by atoms with Crippen LogP contribution in [0.3, 0.4) is 0 Å². The van der Waals surface area contributed by atoms with Crippen LogP contribution in [0.25, 0.3) is 10.6 Å². The maximum absolute atomic E-state index is 10.6. The number of carboxylic acids is 1. The van der Waals surface area contributed by atoms with E-state index in [9.17, 15) is 4.79 Å². The molecule has 2 rings (SSSR count). The van der Waals surface area contributed by atoms with E-state index in [0.29, 0.717) is 5.76 Å². The van der Waals surface area contributed by atoms with Crippen LogP contribution >= 0.6 is 11.3 Å². The first-order chi connectivity index (χ1) is 6.68. The van der Waals surface area contributed by atoms with E-state index in [-0.39, 0.29) is 5.76 Å². The van der Waals surface area contributed by atoms with Crippen LogP contribution in [-0.2, 0) is 0 Å². The molecule has 72 valence electrons. The number of carboxylic acid groups (broad SMARTS) is 1. The van der Waals surface area contributed by atoms with Crippen molar-refractivity contribution in [3.63, 3.8) is 0 Å². The molecule has 14 heavy (non-hydrogen) atoms. The fourth-order valence-electron chi connectivity index (χ4n) is 1.20. The van der Waals surface area contributed by atoms with Gasteiger partial charge in [-0.1, -0.05) is 0 Å². The molecule has 0 saturated heterocycles. The third kappa shape index (κ3) is 1.44. The predicted octanol–water partition coefficient (Wildman–Crippen LogP) is 3.01. The molecule has 0 radical (unpaired) electrons. The summed E-state index contributed by atoms with van der Waals surface area (Å²) in [5, 5.41) is 10.6. The number of hydrogen-bond donors (Lipinski definition) is 1. The van der Waals surface area contributed by atoms with Crippen molar-refractivity contribution in [1.29, 1.82) is 0 Å². The van der Waals surface area contributed by atoms with Gasteiger partial charge in [0.2, 0.25) is 5.76 Å². The van der Waals surface area contributed by atoms with Crippen molar-refractivity contribution in [3.8, 4) is 10.6 Å². The molecule has 0 aliphatic carbocycles. The molecular weight excluding hydrogens is 200 g/mol. The highest BCUT2D eigenvalue weighted by Crippen LogP contribution is 2.30. The van der Waals surface area contributed by atoms with Crippen LogP contribution in [0, 0.1) is 6.92 Å². The molecule has 0 aliphatic heterocycles. The lowest BCUT2D eigenvalue weighted by molar-refractivity contribution is 0.0663. The van der Waals surface area contributed by atoms with Gasteiger partial charge in [0.25, 0.3) is 0 Å². The number of rotatable bonds is 2. The van der Waals surface area contributed by atoms with Crippen LogP contribution in [0.1, 0.15) is 16.1 Å². The first-order valence-corrected chi connectivity index (χ1v) is 4.94. The molecule has 0 atom stereocenters. The fraction of sp³-hybridized carbons (Fsp3) is 0.100. The van der Waals surface area contributed by atoms with E-state index in [1.165, 1.54) is 6.07 Å². The highest BCUT2D eigenvalue weighted by molar-refractivity contribution is 7.13. The molecule has 0 fully saturated rings. The normalized spacial score (nSPS) is 10.4. The molecular formula is C10H8O3S. The van der Waals surface area contributed by atoms with E-state index < -0.39 is 5.97 Å².